The first-order valence-electron chi connectivity index (χ1n) is 34.6. The van der Waals surface area contributed by atoms with E-state index in [-0.39, 0.29) is 10.8 Å². The normalized spacial score (nSPS) is 13.4. The number of hydrogen-bond donors (Lipinski definition) is 0. The van der Waals surface area contributed by atoms with Gasteiger partial charge in [-0.25, -0.2) is 0 Å². The monoisotopic (exact) mass is 1280 g/mol. The Kier molecular flexibility index (Phi) is 12.6. The summed E-state index contributed by atoms with van der Waals surface area (Å²) in [5.74, 6) is 0. The van der Waals surface area contributed by atoms with E-state index in [9.17, 15) is 0 Å². The van der Waals surface area contributed by atoms with Gasteiger partial charge in [0.15, 0.2) is 11.2 Å². The molecule has 0 atom stereocenters. The Balaban J connectivity index is 0.000000135. The Morgan fingerprint density at radius 2 is 0.620 bits per heavy atom. The largest absolute Gasteiger partial charge is 0.454 e. The number of hydrogen-bond acceptors (Lipinski definition) is 4. The van der Waals surface area contributed by atoms with Crippen LogP contribution in [0.1, 0.15) is 49.9 Å². The number of nitrogens with zero attached hydrogens (tertiary/aromatic N) is 4. The van der Waals surface area contributed by atoms with E-state index < -0.39 is 0 Å². The third kappa shape index (κ3) is 8.50. The molecule has 0 saturated carbocycles. The molecule has 0 aliphatic heterocycles. The first-order valence-corrected chi connectivity index (χ1v) is 34.6. The van der Waals surface area contributed by atoms with Crippen LogP contribution in [-0.2, 0) is 10.8 Å². The maximum atomic E-state index is 6.74. The number of aromatic nitrogens is 2. The van der Waals surface area contributed by atoms with Crippen LogP contribution in [0.25, 0.3) is 132 Å². The van der Waals surface area contributed by atoms with Gasteiger partial charge in [-0.1, -0.05) is 246 Å². The van der Waals surface area contributed by atoms with Gasteiger partial charge >= 0.3 is 0 Å². The van der Waals surface area contributed by atoms with Crippen LogP contribution in [0.5, 0.6) is 0 Å². The van der Waals surface area contributed by atoms with Crippen LogP contribution in [-0.4, -0.2) is 9.13 Å². The van der Waals surface area contributed by atoms with Gasteiger partial charge in [0.2, 0.25) is 0 Å². The lowest BCUT2D eigenvalue weighted by Crippen LogP contribution is -2.16. The van der Waals surface area contributed by atoms with Crippen molar-refractivity contribution in [1.82, 2.24) is 9.13 Å². The van der Waals surface area contributed by atoms with Crippen LogP contribution in [0.4, 0.5) is 34.1 Å². The second-order valence-electron chi connectivity index (χ2n) is 27.9. The smallest absolute Gasteiger partial charge is 0.159 e. The molecule has 0 amide bonds. The lowest BCUT2D eigenvalue weighted by atomic mass is 9.82. The molecule has 474 valence electrons. The summed E-state index contributed by atoms with van der Waals surface area (Å²) >= 11 is 0. The summed E-state index contributed by atoms with van der Waals surface area (Å²) in [5.41, 5.74) is 27.5. The molecule has 15 aromatic carbocycles. The maximum Gasteiger partial charge on any atom is 0.159 e. The Hall–Kier alpha value is -12.6. The molecule has 0 bridgehead atoms. The second-order valence-corrected chi connectivity index (χ2v) is 27.9. The fourth-order valence-corrected chi connectivity index (χ4v) is 17.1. The summed E-state index contributed by atoms with van der Waals surface area (Å²) in [4.78, 5) is 4.78. The van der Waals surface area contributed by atoms with Gasteiger partial charge in [0.1, 0.15) is 11.2 Å². The average Bonchev–Trinajstić information content (AvgIpc) is 1.49. The highest BCUT2D eigenvalue weighted by molar-refractivity contribution is 6.16. The third-order valence-corrected chi connectivity index (χ3v) is 21.8. The summed E-state index contributed by atoms with van der Waals surface area (Å²) in [6, 6.07) is 119. The van der Waals surface area contributed by atoms with E-state index in [1.807, 2.05) is 12.1 Å². The van der Waals surface area contributed by atoms with Gasteiger partial charge in [-0.2, -0.15) is 0 Å². The highest BCUT2D eigenvalue weighted by atomic mass is 16.3. The Morgan fingerprint density at radius 1 is 0.250 bits per heavy atom. The van der Waals surface area contributed by atoms with Crippen molar-refractivity contribution in [1.29, 1.82) is 0 Å². The van der Waals surface area contributed by atoms with Gasteiger partial charge in [-0.05, 0) is 154 Å². The number of furan rings is 2. The highest BCUT2D eigenvalue weighted by Gasteiger charge is 2.38. The summed E-state index contributed by atoms with van der Waals surface area (Å²) < 4.78 is 18.2. The Labute approximate surface area is 578 Å². The van der Waals surface area contributed by atoms with E-state index in [0.29, 0.717) is 0 Å². The van der Waals surface area contributed by atoms with Crippen LogP contribution in [0, 0.1) is 0 Å². The van der Waals surface area contributed by atoms with Crippen LogP contribution in [0.2, 0.25) is 0 Å². The molecular weight excluding hydrogens is 1220 g/mol. The fraction of sp³-hybridized carbons (Fsp3) is 0.0638. The van der Waals surface area contributed by atoms with Crippen molar-refractivity contribution in [2.45, 2.75) is 38.5 Å². The standard InChI is InChI=1S/C49H34N2O.C45H32N2O/c1-49(2)40-21-9-5-14-32(40)33-27-26-31(30-41(33)49)50(46-24-13-20-39-38-19-8-12-25-47(38)52-48(39)46)44-28-29-45(37-16-4-3-15-36(37)44)51-42-22-10-6-17-34(42)35-18-7-11-23-43(35)51;1-45(2)38-17-7-3-12-32(38)33-27-26-31(28-39(33)45)46(42-20-11-16-37-36-15-6-10-21-43(36)48-44(37)42)29-22-24-30(25-23-29)47-40-18-8-4-13-34(40)35-14-5-9-19-41(35)47/h3-30H,1-2H3;3-28H,1-2H3. The van der Waals surface area contributed by atoms with E-state index >= 15 is 0 Å². The number of anilines is 6. The summed E-state index contributed by atoms with van der Waals surface area (Å²) in [6.45, 7) is 9.38. The third-order valence-electron chi connectivity index (χ3n) is 21.8. The van der Waals surface area contributed by atoms with E-state index in [4.69, 9.17) is 8.83 Å². The van der Waals surface area contributed by atoms with Crippen molar-refractivity contribution in [3.05, 3.63) is 350 Å². The molecule has 0 unspecified atom stereocenters. The SMILES string of the molecule is CC1(C)c2ccccc2-c2ccc(N(c3ccc(-n4c5ccccc5c5ccccc54)c4ccccc34)c3cccc4c3oc3ccccc34)cc21.CC1(C)c2ccccc2-c2ccc(N(c3ccc(-n4c5ccccc5c5ccccc54)cc3)c3cccc4c3oc3ccccc34)cc21. The van der Waals surface area contributed by atoms with E-state index in [0.717, 1.165) is 94.8 Å². The first kappa shape index (κ1) is 57.6. The molecule has 21 rings (SSSR count). The van der Waals surface area contributed by atoms with Gasteiger partial charge in [-0.3, -0.25) is 0 Å². The van der Waals surface area contributed by atoms with Crippen LogP contribution in [0.15, 0.2) is 336 Å². The molecule has 2 aliphatic rings. The predicted octanol–water partition coefficient (Wildman–Crippen LogP) is 26.1. The lowest BCUT2D eigenvalue weighted by molar-refractivity contribution is 0.660. The molecule has 0 saturated heterocycles. The van der Waals surface area contributed by atoms with Gasteiger partial charge in [0.25, 0.3) is 0 Å². The predicted molar refractivity (Wildman–Crippen MR) is 418 cm³/mol. The van der Waals surface area contributed by atoms with Gasteiger partial charge in [-0.15, -0.1) is 0 Å². The average molecular weight is 1280 g/mol. The Morgan fingerprint density at radius 3 is 1.12 bits per heavy atom. The molecule has 0 fully saturated rings. The van der Waals surface area contributed by atoms with Gasteiger partial charge in [0, 0.05) is 87.4 Å². The van der Waals surface area contributed by atoms with Crippen molar-refractivity contribution >= 4 is 132 Å². The van der Waals surface area contributed by atoms with Crippen molar-refractivity contribution in [2.24, 2.45) is 0 Å². The molecule has 6 heteroatoms. The lowest BCUT2D eigenvalue weighted by Gasteiger charge is -2.29. The van der Waals surface area contributed by atoms with E-state index in [1.165, 1.54) is 93.5 Å². The molecule has 2 aliphatic carbocycles. The molecule has 4 aromatic heterocycles. The zero-order valence-corrected chi connectivity index (χ0v) is 55.8. The van der Waals surface area contributed by atoms with E-state index in [2.05, 4.69) is 362 Å². The fourth-order valence-electron chi connectivity index (χ4n) is 17.1. The van der Waals surface area contributed by atoms with Crippen LogP contribution < -0.4 is 9.80 Å². The van der Waals surface area contributed by atoms with Crippen molar-refractivity contribution < 1.29 is 8.83 Å². The number of rotatable bonds is 8. The summed E-state index contributed by atoms with van der Waals surface area (Å²) in [6.07, 6.45) is 0. The minimum atomic E-state index is -0.137. The highest BCUT2D eigenvalue weighted by Crippen LogP contribution is 2.55. The number of benzene rings is 15. The molecular formula is C94H66N4O2. The molecule has 19 aromatic rings. The Bertz CT molecular complexity index is 6460. The summed E-state index contributed by atoms with van der Waals surface area (Å²) in [5, 5.41) is 11.9. The molecule has 0 N–H and O–H groups in total. The van der Waals surface area contributed by atoms with Crippen molar-refractivity contribution in [2.75, 3.05) is 9.80 Å². The topological polar surface area (TPSA) is 42.6 Å². The zero-order valence-electron chi connectivity index (χ0n) is 55.8. The summed E-state index contributed by atoms with van der Waals surface area (Å²) in [7, 11) is 0. The number of para-hydroxylation sites is 8. The molecule has 0 radical (unpaired) electrons. The first-order chi connectivity index (χ1) is 49.2. The molecule has 6 nitrogen and oxygen atoms in total. The zero-order chi connectivity index (χ0) is 66.5. The minimum absolute atomic E-state index is 0.112. The minimum Gasteiger partial charge on any atom is -0.454 e. The maximum absolute atomic E-state index is 6.74. The quantitative estimate of drug-likeness (QED) is 0.152. The van der Waals surface area contributed by atoms with Crippen molar-refractivity contribution in [3.8, 4) is 33.6 Å². The van der Waals surface area contributed by atoms with E-state index in [1.54, 1.807) is 0 Å². The van der Waals surface area contributed by atoms with Crippen LogP contribution in [0.3, 0.4) is 0 Å². The van der Waals surface area contributed by atoms with Gasteiger partial charge < -0.3 is 27.8 Å². The molecule has 4 heterocycles. The van der Waals surface area contributed by atoms with Gasteiger partial charge in [0.05, 0.1) is 44.8 Å². The second kappa shape index (κ2) is 21.9. The van der Waals surface area contributed by atoms with Crippen molar-refractivity contribution in [3.63, 3.8) is 0 Å². The number of fused-ring (bicyclic) bond motifs is 19. The van der Waals surface area contributed by atoms with Crippen LogP contribution >= 0.6 is 0 Å². The molecule has 0 spiro atoms. The molecule has 100 heavy (non-hydrogen) atoms.